The molecule has 0 unspecified atom stereocenters. The van der Waals surface area contributed by atoms with Crippen LogP contribution in [0.4, 0.5) is 0 Å². The molecular formula is C16H17N2O3. The molecule has 0 bridgehead atoms. The Morgan fingerprint density at radius 1 is 1.14 bits per heavy atom. The molecule has 1 radical (unpaired) electrons. The van der Waals surface area contributed by atoms with Crippen LogP contribution in [-0.4, -0.2) is 35.8 Å². The van der Waals surface area contributed by atoms with Crippen molar-refractivity contribution in [2.45, 2.75) is 31.8 Å². The summed E-state index contributed by atoms with van der Waals surface area (Å²) in [6, 6.07) is 8.39. The molecule has 1 aromatic rings. The van der Waals surface area contributed by atoms with Gasteiger partial charge in [0.1, 0.15) is 0 Å². The van der Waals surface area contributed by atoms with Gasteiger partial charge in [0.05, 0.1) is 17.7 Å². The number of likely N-dealkylation sites (tertiary alicyclic amines) is 1. The zero-order valence-electron chi connectivity index (χ0n) is 11.7. The number of benzene rings is 1. The number of Topliss-reactive ketones (excluding diaryl/α,β-unsaturated/α-hetero) is 1. The number of nitriles is 1. The molecule has 1 fully saturated rings. The molecule has 0 aliphatic carbocycles. The highest BCUT2D eigenvalue weighted by Gasteiger charge is 2.22. The van der Waals surface area contributed by atoms with Gasteiger partial charge in [0, 0.05) is 31.5 Å². The largest absolute Gasteiger partial charge is 0.342 e. The minimum atomic E-state index is -0.561. The number of piperidine rings is 1. The van der Waals surface area contributed by atoms with Gasteiger partial charge in [0.15, 0.2) is 5.78 Å². The Morgan fingerprint density at radius 2 is 1.76 bits per heavy atom. The SMILES string of the molecule is N#Cc1ccc(C(=O)CCC(=O)N2CCC([O])CC2)cc1. The van der Waals surface area contributed by atoms with Crippen molar-refractivity contribution in [1.82, 2.24) is 4.90 Å². The second-order valence-corrected chi connectivity index (χ2v) is 5.19. The molecule has 0 saturated carbocycles. The van der Waals surface area contributed by atoms with E-state index in [2.05, 4.69) is 0 Å². The van der Waals surface area contributed by atoms with Crippen LogP contribution in [0.15, 0.2) is 24.3 Å². The predicted octanol–water partition coefficient (Wildman–Crippen LogP) is 1.94. The lowest BCUT2D eigenvalue weighted by atomic mass is 10.0. The Hall–Kier alpha value is -2.19. The van der Waals surface area contributed by atoms with Gasteiger partial charge in [-0.2, -0.15) is 5.26 Å². The van der Waals surface area contributed by atoms with Crippen molar-refractivity contribution in [1.29, 1.82) is 5.26 Å². The van der Waals surface area contributed by atoms with Gasteiger partial charge in [-0.15, -0.1) is 0 Å². The normalized spacial score (nSPS) is 15.5. The van der Waals surface area contributed by atoms with Crippen LogP contribution in [0, 0.1) is 11.3 Å². The zero-order chi connectivity index (χ0) is 15.2. The van der Waals surface area contributed by atoms with E-state index >= 15 is 0 Å². The molecule has 21 heavy (non-hydrogen) atoms. The van der Waals surface area contributed by atoms with Gasteiger partial charge in [-0.1, -0.05) is 12.1 Å². The number of amides is 1. The molecule has 5 nitrogen and oxygen atoms in total. The number of hydrogen-bond acceptors (Lipinski definition) is 3. The summed E-state index contributed by atoms with van der Waals surface area (Å²) in [6.45, 7) is 0.996. The summed E-state index contributed by atoms with van der Waals surface area (Å²) in [5.41, 5.74) is 1.02. The Labute approximate surface area is 123 Å². The lowest BCUT2D eigenvalue weighted by Crippen LogP contribution is -2.39. The molecule has 1 aliphatic rings. The Kier molecular flexibility index (Phi) is 5.07. The minimum Gasteiger partial charge on any atom is -0.342 e. The molecule has 0 atom stereocenters. The molecule has 1 aromatic carbocycles. The van der Waals surface area contributed by atoms with E-state index in [-0.39, 0.29) is 24.5 Å². The van der Waals surface area contributed by atoms with Gasteiger partial charge in [0.2, 0.25) is 5.91 Å². The van der Waals surface area contributed by atoms with Crippen LogP contribution < -0.4 is 0 Å². The molecule has 1 aliphatic heterocycles. The first-order valence-corrected chi connectivity index (χ1v) is 7.07. The van der Waals surface area contributed by atoms with Gasteiger partial charge in [-0.3, -0.25) is 9.59 Å². The van der Waals surface area contributed by atoms with Crippen molar-refractivity contribution < 1.29 is 14.7 Å². The topological polar surface area (TPSA) is 81.1 Å². The smallest absolute Gasteiger partial charge is 0.223 e. The first-order valence-electron chi connectivity index (χ1n) is 7.07. The number of ketones is 1. The highest BCUT2D eigenvalue weighted by atomic mass is 16.3. The quantitative estimate of drug-likeness (QED) is 0.793. The Morgan fingerprint density at radius 3 is 2.33 bits per heavy atom. The molecular weight excluding hydrogens is 268 g/mol. The molecule has 5 heteroatoms. The standard InChI is InChI=1S/C16H17N2O3/c17-11-12-1-3-13(4-2-12)15(20)5-6-16(21)18-9-7-14(19)8-10-18/h1-4,14H,5-10H2. The maximum Gasteiger partial charge on any atom is 0.223 e. The maximum atomic E-state index is 12.0. The zero-order valence-corrected chi connectivity index (χ0v) is 11.7. The van der Waals surface area contributed by atoms with Crippen LogP contribution in [0.25, 0.3) is 0 Å². The Bertz CT molecular complexity index is 552. The summed E-state index contributed by atoms with van der Waals surface area (Å²) < 4.78 is 0. The molecule has 0 N–H and O–H groups in total. The van der Waals surface area contributed by atoms with E-state index in [1.807, 2.05) is 6.07 Å². The van der Waals surface area contributed by atoms with Crippen molar-refractivity contribution in [3.05, 3.63) is 35.4 Å². The van der Waals surface area contributed by atoms with E-state index < -0.39 is 6.10 Å². The van der Waals surface area contributed by atoms with Gasteiger partial charge in [-0.05, 0) is 25.0 Å². The average molecular weight is 285 g/mol. The third-order valence-electron chi connectivity index (χ3n) is 3.70. The van der Waals surface area contributed by atoms with Crippen LogP contribution in [0.2, 0.25) is 0 Å². The molecule has 1 saturated heterocycles. The van der Waals surface area contributed by atoms with Crippen molar-refractivity contribution in [3.63, 3.8) is 0 Å². The minimum absolute atomic E-state index is 0.0658. The summed E-state index contributed by atoms with van der Waals surface area (Å²) in [5, 5.41) is 19.9. The maximum absolute atomic E-state index is 12.0. The van der Waals surface area contributed by atoms with E-state index in [0.717, 1.165) is 0 Å². The van der Waals surface area contributed by atoms with Crippen LogP contribution in [-0.2, 0) is 9.90 Å². The monoisotopic (exact) mass is 285 g/mol. The second-order valence-electron chi connectivity index (χ2n) is 5.19. The molecule has 0 aromatic heterocycles. The van der Waals surface area contributed by atoms with E-state index in [1.54, 1.807) is 29.2 Å². The first-order chi connectivity index (χ1) is 10.1. The summed E-state index contributed by atoms with van der Waals surface area (Å²) in [4.78, 5) is 25.6. The number of carbonyl (C=O) groups is 2. The highest BCUT2D eigenvalue weighted by molar-refractivity contribution is 5.98. The number of nitrogens with zero attached hydrogens (tertiary/aromatic N) is 2. The third-order valence-corrected chi connectivity index (χ3v) is 3.70. The second kappa shape index (κ2) is 7.00. The number of carbonyl (C=O) groups excluding carboxylic acids is 2. The average Bonchev–Trinajstić information content (AvgIpc) is 2.53. The summed E-state index contributed by atoms with van der Waals surface area (Å²) in [5.74, 6) is -0.171. The fraction of sp³-hybridized carbons (Fsp3) is 0.438. The molecule has 0 spiro atoms. The van der Waals surface area contributed by atoms with Crippen LogP contribution in [0.3, 0.4) is 0 Å². The van der Waals surface area contributed by atoms with Gasteiger partial charge < -0.3 is 4.90 Å². The lowest BCUT2D eigenvalue weighted by molar-refractivity contribution is -0.133. The third kappa shape index (κ3) is 4.14. The van der Waals surface area contributed by atoms with Gasteiger partial charge >= 0.3 is 0 Å². The van der Waals surface area contributed by atoms with E-state index in [1.165, 1.54) is 0 Å². The number of hydrogen-bond donors (Lipinski definition) is 0. The van der Waals surface area contributed by atoms with Crippen molar-refractivity contribution in [2.75, 3.05) is 13.1 Å². The van der Waals surface area contributed by atoms with E-state index in [0.29, 0.717) is 37.1 Å². The van der Waals surface area contributed by atoms with Gasteiger partial charge in [-0.25, -0.2) is 5.11 Å². The van der Waals surface area contributed by atoms with Crippen LogP contribution in [0.1, 0.15) is 41.6 Å². The fourth-order valence-electron chi connectivity index (χ4n) is 2.36. The van der Waals surface area contributed by atoms with Crippen LogP contribution in [0.5, 0.6) is 0 Å². The number of rotatable bonds is 4. The predicted molar refractivity (Wildman–Crippen MR) is 75.0 cm³/mol. The molecule has 1 heterocycles. The lowest BCUT2D eigenvalue weighted by Gasteiger charge is -2.28. The highest BCUT2D eigenvalue weighted by Crippen LogP contribution is 2.13. The molecule has 109 valence electrons. The summed E-state index contributed by atoms with van der Waals surface area (Å²) >= 11 is 0. The van der Waals surface area contributed by atoms with Crippen molar-refractivity contribution >= 4 is 11.7 Å². The summed E-state index contributed by atoms with van der Waals surface area (Å²) in [7, 11) is 0. The molecule has 2 rings (SSSR count). The van der Waals surface area contributed by atoms with Crippen molar-refractivity contribution in [3.8, 4) is 6.07 Å². The van der Waals surface area contributed by atoms with E-state index in [4.69, 9.17) is 5.26 Å². The van der Waals surface area contributed by atoms with E-state index in [9.17, 15) is 14.7 Å². The van der Waals surface area contributed by atoms with Gasteiger partial charge in [0.25, 0.3) is 0 Å². The summed E-state index contributed by atoms with van der Waals surface area (Å²) in [6.07, 6.45) is 0.754. The fourth-order valence-corrected chi connectivity index (χ4v) is 2.36. The molecule has 1 amide bonds. The van der Waals surface area contributed by atoms with Crippen LogP contribution >= 0.6 is 0 Å². The first kappa shape index (κ1) is 15.2. The Balaban J connectivity index is 1.83. The van der Waals surface area contributed by atoms with Crippen molar-refractivity contribution in [2.24, 2.45) is 0 Å².